The highest BCUT2D eigenvalue weighted by Gasteiger charge is 2.46. The number of ether oxygens (including phenoxy) is 1. The number of rotatable bonds is 3. The molecule has 1 aliphatic heterocycles. The van der Waals surface area contributed by atoms with E-state index in [2.05, 4.69) is 0 Å². The van der Waals surface area contributed by atoms with E-state index in [9.17, 15) is 4.79 Å². The van der Waals surface area contributed by atoms with Gasteiger partial charge in [-0.05, 0) is 24.1 Å². The number of carbonyl (C=O) groups is 1. The average molecular weight is 261 g/mol. The topological polar surface area (TPSA) is 46.5 Å². The molecule has 0 atom stereocenters. The molecular formula is C11H10Cl2O3. The molecule has 5 heteroatoms. The van der Waals surface area contributed by atoms with Crippen LogP contribution in [0, 0.1) is 5.41 Å². The molecule has 0 aromatic heterocycles. The predicted octanol–water partition coefficient (Wildman–Crippen LogP) is 2.64. The fourth-order valence-electron chi connectivity index (χ4n) is 1.68. The molecule has 0 radical (unpaired) electrons. The van der Waals surface area contributed by atoms with Crippen LogP contribution < -0.4 is 0 Å². The Kier molecular flexibility index (Phi) is 3.10. The van der Waals surface area contributed by atoms with Crippen LogP contribution in [0.15, 0.2) is 18.2 Å². The highest BCUT2D eigenvalue weighted by Crippen LogP contribution is 2.34. The van der Waals surface area contributed by atoms with E-state index in [0.29, 0.717) is 16.5 Å². The lowest BCUT2D eigenvalue weighted by atomic mass is 9.80. The molecule has 1 fully saturated rings. The fraction of sp³-hybridized carbons (Fsp3) is 0.364. The molecule has 16 heavy (non-hydrogen) atoms. The van der Waals surface area contributed by atoms with Crippen molar-refractivity contribution in [2.24, 2.45) is 5.41 Å². The van der Waals surface area contributed by atoms with Crippen molar-refractivity contribution in [2.45, 2.75) is 6.42 Å². The molecule has 3 nitrogen and oxygen atoms in total. The predicted molar refractivity (Wildman–Crippen MR) is 61.1 cm³/mol. The summed E-state index contributed by atoms with van der Waals surface area (Å²) in [7, 11) is 0. The molecule has 0 spiro atoms. The van der Waals surface area contributed by atoms with Crippen molar-refractivity contribution < 1.29 is 14.6 Å². The van der Waals surface area contributed by atoms with Crippen LogP contribution in [0.5, 0.6) is 0 Å². The standard InChI is InChI=1S/C11H10Cl2O3/c12-8-2-1-7(9(13)3-8)4-11(10(14)15)5-16-6-11/h1-3H,4-6H2,(H,14,15). The number of carboxylic acid groups (broad SMARTS) is 1. The molecule has 0 aliphatic carbocycles. The molecule has 1 aromatic rings. The number of hydrogen-bond donors (Lipinski definition) is 1. The first-order chi connectivity index (χ1) is 7.53. The monoisotopic (exact) mass is 260 g/mol. The molecule has 0 saturated carbocycles. The first-order valence-corrected chi connectivity index (χ1v) is 5.54. The number of hydrogen-bond acceptors (Lipinski definition) is 2. The van der Waals surface area contributed by atoms with Crippen LogP contribution >= 0.6 is 23.2 Å². The molecule has 0 unspecified atom stereocenters. The van der Waals surface area contributed by atoms with Gasteiger partial charge in [0.05, 0.1) is 13.2 Å². The Labute approximate surface area is 103 Å². The van der Waals surface area contributed by atoms with Crippen molar-refractivity contribution in [3.8, 4) is 0 Å². The van der Waals surface area contributed by atoms with Gasteiger partial charge < -0.3 is 9.84 Å². The van der Waals surface area contributed by atoms with Crippen molar-refractivity contribution in [3.63, 3.8) is 0 Å². The lowest BCUT2D eigenvalue weighted by Gasteiger charge is -2.37. The molecule has 86 valence electrons. The molecule has 1 heterocycles. The molecule has 1 aliphatic rings. The lowest BCUT2D eigenvalue weighted by Crippen LogP contribution is -2.50. The molecule has 1 N–H and O–H groups in total. The quantitative estimate of drug-likeness (QED) is 0.909. The van der Waals surface area contributed by atoms with Crippen molar-refractivity contribution in [2.75, 3.05) is 13.2 Å². The van der Waals surface area contributed by atoms with Crippen LogP contribution in [0.1, 0.15) is 5.56 Å². The Bertz CT molecular complexity index is 427. The Morgan fingerprint density at radius 1 is 1.44 bits per heavy atom. The van der Waals surface area contributed by atoms with Gasteiger partial charge in [0.25, 0.3) is 0 Å². The zero-order valence-electron chi connectivity index (χ0n) is 8.37. The maximum atomic E-state index is 11.1. The molecule has 0 amide bonds. The van der Waals surface area contributed by atoms with Crippen LogP contribution in [0.4, 0.5) is 0 Å². The number of benzene rings is 1. The Hall–Kier alpha value is -0.770. The van der Waals surface area contributed by atoms with E-state index in [-0.39, 0.29) is 13.2 Å². The Morgan fingerprint density at radius 3 is 2.56 bits per heavy atom. The largest absolute Gasteiger partial charge is 0.481 e. The second-order valence-electron chi connectivity index (χ2n) is 3.99. The van der Waals surface area contributed by atoms with Gasteiger partial charge in [-0.15, -0.1) is 0 Å². The van der Waals surface area contributed by atoms with E-state index in [1.807, 2.05) is 0 Å². The highest BCUT2D eigenvalue weighted by atomic mass is 35.5. The minimum absolute atomic E-state index is 0.237. The summed E-state index contributed by atoms with van der Waals surface area (Å²) in [6, 6.07) is 5.08. The van der Waals surface area contributed by atoms with Gasteiger partial charge in [0.15, 0.2) is 0 Å². The SMILES string of the molecule is O=C(O)C1(Cc2ccc(Cl)cc2Cl)COC1. The van der Waals surface area contributed by atoms with E-state index < -0.39 is 11.4 Å². The minimum atomic E-state index is -0.843. The van der Waals surface area contributed by atoms with Gasteiger partial charge in [-0.3, -0.25) is 4.79 Å². The van der Waals surface area contributed by atoms with Crippen LogP contribution in [0.25, 0.3) is 0 Å². The molecular weight excluding hydrogens is 251 g/mol. The van der Waals surface area contributed by atoms with Gasteiger partial charge in [-0.2, -0.15) is 0 Å². The summed E-state index contributed by atoms with van der Waals surface area (Å²) in [5.41, 5.74) is -0.0333. The van der Waals surface area contributed by atoms with Crippen molar-refractivity contribution in [3.05, 3.63) is 33.8 Å². The Balaban J connectivity index is 2.23. The van der Waals surface area contributed by atoms with E-state index >= 15 is 0 Å². The first-order valence-electron chi connectivity index (χ1n) is 4.79. The summed E-state index contributed by atoms with van der Waals surface area (Å²) >= 11 is 11.8. The van der Waals surface area contributed by atoms with E-state index in [4.69, 9.17) is 33.0 Å². The summed E-state index contributed by atoms with van der Waals surface area (Å²) < 4.78 is 4.99. The normalized spacial score (nSPS) is 17.9. The van der Waals surface area contributed by atoms with Gasteiger partial charge in [0.2, 0.25) is 0 Å². The zero-order chi connectivity index (χ0) is 11.8. The number of halogens is 2. The van der Waals surface area contributed by atoms with Gasteiger partial charge in [0, 0.05) is 10.0 Å². The summed E-state index contributed by atoms with van der Waals surface area (Å²) in [6.45, 7) is 0.475. The summed E-state index contributed by atoms with van der Waals surface area (Å²) in [5.74, 6) is -0.843. The van der Waals surface area contributed by atoms with Gasteiger partial charge in [-0.25, -0.2) is 0 Å². The molecule has 0 bridgehead atoms. The van der Waals surface area contributed by atoms with Crippen LogP contribution in [-0.4, -0.2) is 24.3 Å². The fourth-order valence-corrected chi connectivity index (χ4v) is 2.15. The lowest BCUT2D eigenvalue weighted by molar-refractivity contribution is -0.179. The van der Waals surface area contributed by atoms with Gasteiger partial charge in [0.1, 0.15) is 5.41 Å². The highest BCUT2D eigenvalue weighted by molar-refractivity contribution is 6.35. The summed E-state index contributed by atoms with van der Waals surface area (Å²) in [4.78, 5) is 11.1. The maximum absolute atomic E-state index is 11.1. The Morgan fingerprint density at radius 2 is 2.12 bits per heavy atom. The second-order valence-corrected chi connectivity index (χ2v) is 4.83. The average Bonchev–Trinajstić information content (AvgIpc) is 2.13. The van der Waals surface area contributed by atoms with Crippen molar-refractivity contribution >= 4 is 29.2 Å². The smallest absolute Gasteiger partial charge is 0.314 e. The summed E-state index contributed by atoms with van der Waals surface area (Å²) in [6.07, 6.45) is 0.373. The van der Waals surface area contributed by atoms with Crippen LogP contribution in [-0.2, 0) is 16.0 Å². The third-order valence-electron chi connectivity index (χ3n) is 2.75. The minimum Gasteiger partial charge on any atom is -0.481 e. The van der Waals surface area contributed by atoms with Gasteiger partial charge >= 0.3 is 5.97 Å². The second kappa shape index (κ2) is 4.24. The third kappa shape index (κ3) is 2.03. The van der Waals surface area contributed by atoms with Crippen LogP contribution in [0.2, 0.25) is 10.0 Å². The van der Waals surface area contributed by atoms with Crippen LogP contribution in [0.3, 0.4) is 0 Å². The molecule has 2 rings (SSSR count). The van der Waals surface area contributed by atoms with E-state index in [0.717, 1.165) is 5.56 Å². The van der Waals surface area contributed by atoms with Crippen molar-refractivity contribution in [1.29, 1.82) is 0 Å². The molecule has 1 saturated heterocycles. The summed E-state index contributed by atoms with van der Waals surface area (Å²) in [5, 5.41) is 10.2. The first kappa shape index (κ1) is 11.7. The number of aliphatic carboxylic acids is 1. The van der Waals surface area contributed by atoms with Gasteiger partial charge in [-0.1, -0.05) is 29.3 Å². The maximum Gasteiger partial charge on any atom is 0.314 e. The molecule has 1 aromatic carbocycles. The van der Waals surface area contributed by atoms with Crippen molar-refractivity contribution in [1.82, 2.24) is 0 Å². The zero-order valence-corrected chi connectivity index (χ0v) is 9.88. The third-order valence-corrected chi connectivity index (χ3v) is 3.34. The van der Waals surface area contributed by atoms with E-state index in [1.54, 1.807) is 18.2 Å². The number of carboxylic acids is 1. The van der Waals surface area contributed by atoms with E-state index in [1.165, 1.54) is 0 Å².